The van der Waals surface area contributed by atoms with Crippen molar-refractivity contribution in [1.29, 1.82) is 0 Å². The summed E-state index contributed by atoms with van der Waals surface area (Å²) in [4.78, 5) is 18.6. The van der Waals surface area contributed by atoms with E-state index in [2.05, 4.69) is 26.9 Å². The Morgan fingerprint density at radius 3 is 2.83 bits per heavy atom. The molecule has 2 aliphatic heterocycles. The topological polar surface area (TPSA) is 57.3 Å². The number of fused-ring (bicyclic) bond motifs is 4. The van der Waals surface area contributed by atoms with E-state index in [1.165, 1.54) is 11.6 Å². The van der Waals surface area contributed by atoms with Crippen molar-refractivity contribution in [3.05, 3.63) is 47.4 Å². The molecule has 0 saturated carbocycles. The maximum atomic E-state index is 13.7. The fourth-order valence-electron chi connectivity index (χ4n) is 4.27. The molecule has 5 heterocycles. The second-order valence-electron chi connectivity index (χ2n) is 7.53. The minimum absolute atomic E-state index is 0.185. The molecule has 0 aliphatic carbocycles. The first kappa shape index (κ1) is 17.2. The van der Waals surface area contributed by atoms with E-state index >= 15 is 0 Å². The number of anilines is 2. The smallest absolute Gasteiger partial charge is 0.188 e. The van der Waals surface area contributed by atoms with E-state index in [9.17, 15) is 4.39 Å². The van der Waals surface area contributed by atoms with Gasteiger partial charge < -0.3 is 19.5 Å². The lowest BCUT2D eigenvalue weighted by molar-refractivity contribution is 0.122. The summed E-state index contributed by atoms with van der Waals surface area (Å²) in [6.07, 6.45) is 0.875. The molecule has 2 aliphatic rings. The number of pyridine rings is 1. The molecule has 0 unspecified atom stereocenters. The number of thiazole rings is 1. The highest BCUT2D eigenvalue weighted by Crippen LogP contribution is 2.33. The molecule has 4 aromatic rings. The second kappa shape index (κ2) is 6.67. The lowest BCUT2D eigenvalue weighted by atomic mass is 10.0. The molecule has 148 valence electrons. The molecule has 8 heteroatoms. The fourth-order valence-corrected chi connectivity index (χ4v) is 5.26. The Morgan fingerprint density at radius 2 is 1.93 bits per heavy atom. The van der Waals surface area contributed by atoms with Crippen LogP contribution < -0.4 is 9.80 Å². The minimum Gasteiger partial charge on any atom is -0.378 e. The summed E-state index contributed by atoms with van der Waals surface area (Å²) >= 11 is 1.64. The largest absolute Gasteiger partial charge is 0.378 e. The summed E-state index contributed by atoms with van der Waals surface area (Å²) in [7, 11) is 0. The number of rotatable bonds is 2. The van der Waals surface area contributed by atoms with E-state index in [1.807, 2.05) is 6.07 Å². The molecule has 0 atom stereocenters. The number of nitrogens with zero attached hydrogens (tertiary/aromatic N) is 4. The Morgan fingerprint density at radius 1 is 1.03 bits per heavy atom. The van der Waals surface area contributed by atoms with Crippen LogP contribution in [0.15, 0.2) is 30.3 Å². The summed E-state index contributed by atoms with van der Waals surface area (Å²) < 4.78 is 19.1. The third-order valence-electron chi connectivity index (χ3n) is 5.77. The molecule has 0 amide bonds. The zero-order chi connectivity index (χ0) is 19.4. The van der Waals surface area contributed by atoms with Crippen molar-refractivity contribution < 1.29 is 9.13 Å². The van der Waals surface area contributed by atoms with E-state index in [4.69, 9.17) is 14.7 Å². The van der Waals surface area contributed by atoms with Gasteiger partial charge in [0, 0.05) is 36.2 Å². The van der Waals surface area contributed by atoms with Gasteiger partial charge in [-0.25, -0.2) is 14.4 Å². The second-order valence-corrected chi connectivity index (χ2v) is 8.49. The van der Waals surface area contributed by atoms with Crippen LogP contribution in [0.1, 0.15) is 11.3 Å². The van der Waals surface area contributed by atoms with Gasteiger partial charge in [-0.2, -0.15) is 0 Å². The van der Waals surface area contributed by atoms with Crippen LogP contribution in [0, 0.1) is 5.82 Å². The molecular formula is C21H20FN5OS. The monoisotopic (exact) mass is 409 g/mol. The molecule has 0 bridgehead atoms. The zero-order valence-corrected chi connectivity index (χ0v) is 16.6. The van der Waals surface area contributed by atoms with E-state index in [-0.39, 0.29) is 5.82 Å². The maximum absolute atomic E-state index is 13.7. The Kier molecular flexibility index (Phi) is 3.95. The number of aromatic amines is 1. The lowest BCUT2D eigenvalue weighted by Crippen LogP contribution is -2.36. The van der Waals surface area contributed by atoms with Crippen LogP contribution in [0.5, 0.6) is 0 Å². The average molecular weight is 409 g/mol. The lowest BCUT2D eigenvalue weighted by Gasteiger charge is -2.28. The SMILES string of the molecule is Fc1ccc2[nH]c3c(c2c1)CCN(c1ccc2nc(N4CCOCC4)sc2n1)C3. The van der Waals surface area contributed by atoms with Gasteiger partial charge in [0.2, 0.25) is 0 Å². The molecule has 29 heavy (non-hydrogen) atoms. The summed E-state index contributed by atoms with van der Waals surface area (Å²) in [5.41, 5.74) is 4.32. The predicted molar refractivity (Wildman–Crippen MR) is 113 cm³/mol. The Balaban J connectivity index is 1.30. The molecule has 0 spiro atoms. The number of hydrogen-bond donors (Lipinski definition) is 1. The first-order valence-corrected chi connectivity index (χ1v) is 10.7. The van der Waals surface area contributed by atoms with Gasteiger partial charge in [-0.1, -0.05) is 11.3 Å². The molecular weight excluding hydrogens is 389 g/mol. The van der Waals surface area contributed by atoms with Gasteiger partial charge in [-0.05, 0) is 42.3 Å². The molecule has 1 aromatic carbocycles. The van der Waals surface area contributed by atoms with Gasteiger partial charge in [0.05, 0.1) is 19.8 Å². The van der Waals surface area contributed by atoms with Crippen molar-refractivity contribution in [2.45, 2.75) is 13.0 Å². The van der Waals surface area contributed by atoms with Gasteiger partial charge >= 0.3 is 0 Å². The normalized spacial score (nSPS) is 17.3. The highest BCUT2D eigenvalue weighted by Gasteiger charge is 2.23. The van der Waals surface area contributed by atoms with Gasteiger partial charge in [-0.3, -0.25) is 0 Å². The molecule has 1 N–H and O–H groups in total. The van der Waals surface area contributed by atoms with Crippen LogP contribution in [-0.2, 0) is 17.7 Å². The zero-order valence-electron chi connectivity index (χ0n) is 15.8. The van der Waals surface area contributed by atoms with Crippen LogP contribution in [-0.4, -0.2) is 47.8 Å². The molecule has 6 nitrogen and oxygen atoms in total. The number of hydrogen-bond acceptors (Lipinski definition) is 6. The number of ether oxygens (including phenoxy) is 1. The van der Waals surface area contributed by atoms with Gasteiger partial charge in [-0.15, -0.1) is 0 Å². The van der Waals surface area contributed by atoms with Crippen molar-refractivity contribution in [1.82, 2.24) is 15.0 Å². The van der Waals surface area contributed by atoms with Crippen molar-refractivity contribution in [3.63, 3.8) is 0 Å². The fraction of sp³-hybridized carbons (Fsp3) is 0.333. The van der Waals surface area contributed by atoms with E-state index in [0.717, 1.165) is 83.7 Å². The summed E-state index contributed by atoms with van der Waals surface area (Å²) in [5.74, 6) is 0.778. The number of H-pyrrole nitrogens is 1. The van der Waals surface area contributed by atoms with Crippen molar-refractivity contribution in [2.24, 2.45) is 0 Å². The first-order chi connectivity index (χ1) is 14.2. The van der Waals surface area contributed by atoms with Crippen LogP contribution in [0.2, 0.25) is 0 Å². The predicted octanol–water partition coefficient (Wildman–Crippen LogP) is 3.71. The van der Waals surface area contributed by atoms with Crippen molar-refractivity contribution >= 4 is 43.5 Å². The van der Waals surface area contributed by atoms with Crippen LogP contribution in [0.4, 0.5) is 15.3 Å². The van der Waals surface area contributed by atoms with Crippen molar-refractivity contribution in [2.75, 3.05) is 42.6 Å². The molecule has 6 rings (SSSR count). The standard InChI is InChI=1S/C21H20FN5OS/c22-13-1-2-16-15(11-13)14-5-6-27(12-18(14)23-16)19-4-3-17-20(25-19)29-21(24-17)26-7-9-28-10-8-26/h1-4,11,23H,5-10,12H2. The van der Waals surface area contributed by atoms with E-state index in [1.54, 1.807) is 17.4 Å². The van der Waals surface area contributed by atoms with Crippen LogP contribution in [0.25, 0.3) is 21.3 Å². The third kappa shape index (κ3) is 2.94. The Bertz CT molecular complexity index is 1210. The van der Waals surface area contributed by atoms with Gasteiger partial charge in [0.15, 0.2) is 5.13 Å². The van der Waals surface area contributed by atoms with Crippen LogP contribution in [0.3, 0.4) is 0 Å². The number of halogens is 1. The van der Waals surface area contributed by atoms with Gasteiger partial charge in [0.25, 0.3) is 0 Å². The minimum atomic E-state index is -0.185. The van der Waals surface area contributed by atoms with E-state index < -0.39 is 0 Å². The number of nitrogens with one attached hydrogen (secondary N) is 1. The van der Waals surface area contributed by atoms with Crippen LogP contribution >= 0.6 is 11.3 Å². The quantitative estimate of drug-likeness (QED) is 0.547. The average Bonchev–Trinajstić information content (AvgIpc) is 3.34. The molecule has 3 aromatic heterocycles. The molecule has 1 fully saturated rings. The highest BCUT2D eigenvalue weighted by atomic mass is 32.1. The molecule has 0 radical (unpaired) electrons. The number of aromatic nitrogens is 3. The van der Waals surface area contributed by atoms with Crippen molar-refractivity contribution in [3.8, 4) is 0 Å². The molecule has 1 saturated heterocycles. The Hall–Kier alpha value is -2.71. The van der Waals surface area contributed by atoms with E-state index in [0.29, 0.717) is 0 Å². The summed E-state index contributed by atoms with van der Waals surface area (Å²) in [6.45, 7) is 4.87. The summed E-state index contributed by atoms with van der Waals surface area (Å²) in [6, 6.07) is 9.08. The Labute approximate surface area is 170 Å². The maximum Gasteiger partial charge on any atom is 0.188 e. The third-order valence-corrected chi connectivity index (χ3v) is 6.80. The summed E-state index contributed by atoms with van der Waals surface area (Å²) in [5, 5.41) is 2.02. The number of morpholine rings is 1. The highest BCUT2D eigenvalue weighted by molar-refractivity contribution is 7.21. The number of benzene rings is 1. The first-order valence-electron chi connectivity index (χ1n) is 9.89. The van der Waals surface area contributed by atoms with Gasteiger partial charge in [0.1, 0.15) is 22.0 Å².